The van der Waals surface area contributed by atoms with E-state index in [1.165, 1.54) is 11.3 Å². The standard InChI is InChI=1S/C12H18N2O2S2/c1-8(15)10-9(13)11(17-2)12(18-10)14-4-3-6-16-7-5-14/h3-7,13H2,1-2H3. The summed E-state index contributed by atoms with van der Waals surface area (Å²) in [5, 5.41) is 1.12. The van der Waals surface area contributed by atoms with Crippen LogP contribution in [0.15, 0.2) is 4.90 Å². The highest BCUT2D eigenvalue weighted by Crippen LogP contribution is 2.44. The van der Waals surface area contributed by atoms with Crippen molar-refractivity contribution in [1.29, 1.82) is 0 Å². The summed E-state index contributed by atoms with van der Waals surface area (Å²) in [6.07, 6.45) is 3.02. The van der Waals surface area contributed by atoms with Crippen LogP contribution in [0.4, 0.5) is 10.7 Å². The second-order valence-electron chi connectivity index (χ2n) is 4.19. The number of hydrogen-bond donors (Lipinski definition) is 1. The molecule has 2 N–H and O–H groups in total. The minimum absolute atomic E-state index is 0.0464. The summed E-state index contributed by atoms with van der Waals surface area (Å²) >= 11 is 3.12. The van der Waals surface area contributed by atoms with Gasteiger partial charge in [-0.3, -0.25) is 4.79 Å². The van der Waals surface area contributed by atoms with Crippen molar-refractivity contribution in [1.82, 2.24) is 0 Å². The van der Waals surface area contributed by atoms with Crippen LogP contribution in [0.5, 0.6) is 0 Å². The average Bonchev–Trinajstić information content (AvgIpc) is 2.54. The van der Waals surface area contributed by atoms with Crippen molar-refractivity contribution in [3.05, 3.63) is 4.88 Å². The summed E-state index contributed by atoms with van der Waals surface area (Å²) in [5.41, 5.74) is 6.71. The number of thiophene rings is 1. The number of carbonyl (C=O) groups is 1. The van der Waals surface area contributed by atoms with Gasteiger partial charge in [-0.25, -0.2) is 0 Å². The number of rotatable bonds is 3. The molecule has 0 aromatic carbocycles. The third-order valence-electron chi connectivity index (χ3n) is 2.92. The fourth-order valence-electron chi connectivity index (χ4n) is 2.03. The molecule has 0 amide bonds. The van der Waals surface area contributed by atoms with Gasteiger partial charge in [-0.05, 0) is 12.7 Å². The lowest BCUT2D eigenvalue weighted by atomic mass is 10.3. The number of thioether (sulfide) groups is 1. The highest BCUT2D eigenvalue weighted by molar-refractivity contribution is 7.99. The molecule has 18 heavy (non-hydrogen) atoms. The molecule has 1 aromatic heterocycles. The minimum atomic E-state index is 0.0464. The number of nitrogen functional groups attached to an aromatic ring is 1. The highest BCUT2D eigenvalue weighted by atomic mass is 32.2. The minimum Gasteiger partial charge on any atom is -0.396 e. The molecular formula is C12H18N2O2S2. The third-order valence-corrected chi connectivity index (χ3v) is 5.23. The molecule has 0 saturated carbocycles. The van der Waals surface area contributed by atoms with Crippen LogP contribution in [-0.4, -0.2) is 38.3 Å². The zero-order valence-electron chi connectivity index (χ0n) is 10.7. The van der Waals surface area contributed by atoms with Crippen molar-refractivity contribution in [2.24, 2.45) is 0 Å². The van der Waals surface area contributed by atoms with E-state index in [1.54, 1.807) is 18.7 Å². The van der Waals surface area contributed by atoms with E-state index >= 15 is 0 Å². The zero-order valence-corrected chi connectivity index (χ0v) is 12.3. The molecule has 100 valence electrons. The topological polar surface area (TPSA) is 55.6 Å². The largest absolute Gasteiger partial charge is 0.396 e. The molecule has 0 aliphatic carbocycles. The summed E-state index contributed by atoms with van der Waals surface area (Å²) in [4.78, 5) is 15.6. The monoisotopic (exact) mass is 286 g/mol. The quantitative estimate of drug-likeness (QED) is 0.683. The second kappa shape index (κ2) is 5.95. The van der Waals surface area contributed by atoms with Gasteiger partial charge in [0.1, 0.15) is 5.00 Å². The Morgan fingerprint density at radius 1 is 1.44 bits per heavy atom. The number of nitrogens with zero attached hydrogens (tertiary/aromatic N) is 1. The number of anilines is 2. The van der Waals surface area contributed by atoms with E-state index in [0.29, 0.717) is 10.6 Å². The molecule has 2 rings (SSSR count). The van der Waals surface area contributed by atoms with Crippen LogP contribution in [0.25, 0.3) is 0 Å². The Labute approximate surface area is 115 Å². The molecular weight excluding hydrogens is 268 g/mol. The van der Waals surface area contributed by atoms with Gasteiger partial charge in [-0.2, -0.15) is 0 Å². The van der Waals surface area contributed by atoms with E-state index in [1.807, 2.05) is 6.26 Å². The fourth-order valence-corrected chi connectivity index (χ4v) is 4.16. The van der Waals surface area contributed by atoms with Crippen molar-refractivity contribution in [3.8, 4) is 0 Å². The van der Waals surface area contributed by atoms with Crippen LogP contribution in [-0.2, 0) is 4.74 Å². The third kappa shape index (κ3) is 2.65. The molecule has 1 aliphatic rings. The van der Waals surface area contributed by atoms with Crippen molar-refractivity contribution in [2.45, 2.75) is 18.2 Å². The molecule has 1 saturated heterocycles. The number of nitrogens with two attached hydrogens (primary N) is 1. The van der Waals surface area contributed by atoms with Crippen LogP contribution in [0.1, 0.15) is 23.0 Å². The van der Waals surface area contributed by atoms with Gasteiger partial charge in [0.2, 0.25) is 0 Å². The number of carbonyl (C=O) groups excluding carboxylic acids is 1. The fraction of sp³-hybridized carbons (Fsp3) is 0.583. The average molecular weight is 286 g/mol. The van der Waals surface area contributed by atoms with Crippen molar-refractivity contribution in [3.63, 3.8) is 0 Å². The summed E-state index contributed by atoms with van der Waals surface area (Å²) in [7, 11) is 0. The predicted octanol–water partition coefficient (Wildman–Crippen LogP) is 2.48. The highest BCUT2D eigenvalue weighted by Gasteiger charge is 2.22. The molecule has 2 heterocycles. The van der Waals surface area contributed by atoms with E-state index in [-0.39, 0.29) is 5.78 Å². The predicted molar refractivity (Wildman–Crippen MR) is 78.2 cm³/mol. The van der Waals surface area contributed by atoms with E-state index in [2.05, 4.69) is 4.90 Å². The van der Waals surface area contributed by atoms with Crippen LogP contribution in [0.3, 0.4) is 0 Å². The van der Waals surface area contributed by atoms with Gasteiger partial charge in [0.25, 0.3) is 0 Å². The van der Waals surface area contributed by atoms with Gasteiger partial charge in [0.15, 0.2) is 5.78 Å². The van der Waals surface area contributed by atoms with Crippen LogP contribution >= 0.6 is 23.1 Å². The first kappa shape index (κ1) is 13.7. The van der Waals surface area contributed by atoms with Gasteiger partial charge < -0.3 is 15.4 Å². The molecule has 1 aromatic rings. The Kier molecular flexibility index (Phi) is 4.53. The molecule has 4 nitrogen and oxygen atoms in total. The lowest BCUT2D eigenvalue weighted by Crippen LogP contribution is -2.25. The van der Waals surface area contributed by atoms with E-state index < -0.39 is 0 Å². The molecule has 0 bridgehead atoms. The van der Waals surface area contributed by atoms with Gasteiger partial charge in [-0.15, -0.1) is 23.1 Å². The maximum Gasteiger partial charge on any atom is 0.171 e. The van der Waals surface area contributed by atoms with Crippen molar-refractivity contribution < 1.29 is 9.53 Å². The number of Topliss-reactive ketones (excluding diaryl/α,β-unsaturated/α-hetero) is 1. The maximum absolute atomic E-state index is 11.6. The lowest BCUT2D eigenvalue weighted by molar-refractivity contribution is 0.102. The number of hydrogen-bond acceptors (Lipinski definition) is 6. The molecule has 1 aliphatic heterocycles. The Hall–Kier alpha value is -0.720. The second-order valence-corrected chi connectivity index (χ2v) is 6.01. The summed E-state index contributed by atoms with van der Waals surface area (Å²) in [6, 6.07) is 0. The zero-order chi connectivity index (χ0) is 13.1. The summed E-state index contributed by atoms with van der Waals surface area (Å²) in [5.74, 6) is 0.0464. The smallest absolute Gasteiger partial charge is 0.171 e. The van der Waals surface area contributed by atoms with E-state index in [4.69, 9.17) is 10.5 Å². The van der Waals surface area contributed by atoms with Crippen LogP contribution < -0.4 is 10.6 Å². The number of ether oxygens (including phenoxy) is 1. The van der Waals surface area contributed by atoms with Gasteiger partial charge in [-0.1, -0.05) is 0 Å². The Bertz CT molecular complexity index is 438. The Morgan fingerprint density at radius 3 is 2.89 bits per heavy atom. The Morgan fingerprint density at radius 2 is 2.22 bits per heavy atom. The van der Waals surface area contributed by atoms with Gasteiger partial charge >= 0.3 is 0 Å². The first-order chi connectivity index (χ1) is 8.65. The molecule has 0 unspecified atom stereocenters. The molecule has 0 atom stereocenters. The van der Waals surface area contributed by atoms with Crippen molar-refractivity contribution >= 4 is 39.6 Å². The normalized spacial score (nSPS) is 16.7. The molecule has 0 spiro atoms. The molecule has 6 heteroatoms. The molecule has 0 radical (unpaired) electrons. The summed E-state index contributed by atoms with van der Waals surface area (Å²) < 4.78 is 5.46. The number of ketones is 1. The van der Waals surface area contributed by atoms with Gasteiger partial charge in [0, 0.05) is 26.6 Å². The van der Waals surface area contributed by atoms with Crippen LogP contribution in [0.2, 0.25) is 0 Å². The molecule has 1 fully saturated rings. The maximum atomic E-state index is 11.6. The van der Waals surface area contributed by atoms with Crippen molar-refractivity contribution in [2.75, 3.05) is 43.2 Å². The first-order valence-corrected chi connectivity index (χ1v) is 7.99. The SMILES string of the molecule is CSc1c(N2CCCOCC2)sc(C(C)=O)c1N. The van der Waals surface area contributed by atoms with Gasteiger partial charge in [0.05, 0.1) is 22.1 Å². The van der Waals surface area contributed by atoms with E-state index in [9.17, 15) is 4.79 Å². The van der Waals surface area contributed by atoms with Crippen LogP contribution in [0, 0.1) is 0 Å². The Balaban J connectivity index is 2.36. The summed E-state index contributed by atoms with van der Waals surface area (Å²) in [6.45, 7) is 4.95. The first-order valence-electron chi connectivity index (χ1n) is 5.95. The van der Waals surface area contributed by atoms with E-state index in [0.717, 1.165) is 42.6 Å². The lowest BCUT2D eigenvalue weighted by Gasteiger charge is -2.21.